The Morgan fingerprint density at radius 1 is 1.05 bits per heavy atom. The molecular weight excluding hydrogens is 396 g/mol. The van der Waals surface area contributed by atoms with Crippen LogP contribution in [0.1, 0.15) is 50.7 Å². The van der Waals surface area contributed by atoms with E-state index in [-0.39, 0.29) is 0 Å². The molecule has 0 amide bonds. The van der Waals surface area contributed by atoms with Gasteiger partial charge < -0.3 is 9.47 Å². The third-order valence-electron chi connectivity index (χ3n) is 3.77. The first-order valence-corrected chi connectivity index (χ1v) is 9.88. The van der Waals surface area contributed by atoms with E-state index in [1.165, 1.54) is 25.7 Å². The molecule has 0 unspecified atom stereocenters. The van der Waals surface area contributed by atoms with Gasteiger partial charge in [-0.3, -0.25) is 0 Å². The molecule has 4 heteroatoms. The van der Waals surface area contributed by atoms with Crippen LogP contribution < -0.4 is 9.47 Å². The summed E-state index contributed by atoms with van der Waals surface area (Å²) < 4.78 is 11.5. The monoisotopic (exact) mass is 420 g/mol. The summed E-state index contributed by atoms with van der Waals surface area (Å²) >= 11 is 7.05. The van der Waals surface area contributed by atoms with E-state index in [2.05, 4.69) is 57.8 Å². The lowest BCUT2D eigenvalue weighted by Crippen LogP contribution is -2.12. The van der Waals surface area contributed by atoms with Crippen molar-refractivity contribution < 1.29 is 9.47 Å². The molecule has 0 aliphatic heterocycles. The third-order valence-corrected chi connectivity index (χ3v) is 4.98. The summed E-state index contributed by atoms with van der Waals surface area (Å²) in [5, 5.41) is 1.54. The average Bonchev–Trinajstić information content (AvgIpc) is 2.54. The lowest BCUT2D eigenvalue weighted by Gasteiger charge is -2.18. The van der Waals surface area contributed by atoms with Gasteiger partial charge in [0.15, 0.2) is 0 Å². The fraction of sp³-hybridized carbons (Fsp3) is 0.647. The van der Waals surface area contributed by atoms with Crippen LogP contribution in [0.3, 0.4) is 0 Å². The fourth-order valence-electron chi connectivity index (χ4n) is 2.28. The van der Waals surface area contributed by atoms with E-state index in [4.69, 9.17) is 9.47 Å². The van der Waals surface area contributed by atoms with Crippen LogP contribution in [0.5, 0.6) is 11.5 Å². The largest absolute Gasteiger partial charge is 0.496 e. The fourth-order valence-corrected chi connectivity index (χ4v) is 3.16. The van der Waals surface area contributed by atoms with Gasteiger partial charge in [-0.1, -0.05) is 65.0 Å². The molecule has 0 N–H and O–H groups in total. The van der Waals surface area contributed by atoms with Gasteiger partial charge in [0.25, 0.3) is 0 Å². The molecule has 0 heterocycles. The van der Waals surface area contributed by atoms with Crippen LogP contribution >= 0.6 is 31.9 Å². The molecule has 0 aliphatic carbocycles. The Morgan fingerprint density at radius 3 is 2.19 bits per heavy atom. The molecule has 0 radical (unpaired) electrons. The van der Waals surface area contributed by atoms with Gasteiger partial charge in [0.2, 0.25) is 0 Å². The zero-order chi connectivity index (χ0) is 15.7. The summed E-state index contributed by atoms with van der Waals surface area (Å²) in [6.45, 7) is 5.28. The maximum Gasteiger partial charge on any atom is 0.123 e. The highest BCUT2D eigenvalue weighted by Gasteiger charge is 2.13. The number of benzene rings is 1. The van der Waals surface area contributed by atoms with Gasteiger partial charge in [0.1, 0.15) is 11.5 Å². The van der Waals surface area contributed by atoms with Crippen LogP contribution in [-0.4, -0.2) is 13.7 Å². The van der Waals surface area contributed by atoms with Crippen LogP contribution in [0.4, 0.5) is 0 Å². The van der Waals surface area contributed by atoms with Gasteiger partial charge in [0.05, 0.1) is 13.7 Å². The molecule has 0 aromatic heterocycles. The molecular formula is C17H26Br2O2. The van der Waals surface area contributed by atoms with Gasteiger partial charge in [0, 0.05) is 21.8 Å². The average molecular weight is 422 g/mol. The van der Waals surface area contributed by atoms with Crippen LogP contribution in [-0.2, 0) is 10.7 Å². The first-order chi connectivity index (χ1) is 10.2. The molecule has 120 valence electrons. The van der Waals surface area contributed by atoms with E-state index in [9.17, 15) is 0 Å². The second kappa shape index (κ2) is 10.5. The number of unbranched alkanes of at least 4 members (excludes halogenated alkanes) is 1. The summed E-state index contributed by atoms with van der Waals surface area (Å²) in [5.41, 5.74) is 2.26. The van der Waals surface area contributed by atoms with E-state index in [0.717, 1.165) is 39.9 Å². The number of rotatable bonds is 10. The molecule has 1 atom stereocenters. The van der Waals surface area contributed by atoms with E-state index in [1.807, 2.05) is 0 Å². The van der Waals surface area contributed by atoms with Crippen molar-refractivity contribution in [2.45, 2.75) is 50.2 Å². The normalized spacial score (nSPS) is 12.2. The predicted molar refractivity (Wildman–Crippen MR) is 97.1 cm³/mol. The molecule has 1 aromatic carbocycles. The van der Waals surface area contributed by atoms with E-state index >= 15 is 0 Å². The first-order valence-electron chi connectivity index (χ1n) is 7.64. The molecule has 1 aromatic rings. The van der Waals surface area contributed by atoms with Gasteiger partial charge in [-0.2, -0.15) is 0 Å². The molecule has 0 spiro atoms. The first kappa shape index (κ1) is 18.8. The van der Waals surface area contributed by atoms with Crippen molar-refractivity contribution in [3.05, 3.63) is 23.3 Å². The molecule has 2 nitrogen and oxygen atoms in total. The topological polar surface area (TPSA) is 18.5 Å². The third kappa shape index (κ3) is 5.82. The van der Waals surface area contributed by atoms with E-state index < -0.39 is 0 Å². The molecule has 0 fully saturated rings. The lowest BCUT2D eigenvalue weighted by atomic mass is 10.0. The summed E-state index contributed by atoms with van der Waals surface area (Å²) in [4.78, 5) is 0. The molecule has 21 heavy (non-hydrogen) atoms. The molecule has 0 bridgehead atoms. The number of hydrogen-bond acceptors (Lipinski definition) is 2. The molecule has 0 saturated heterocycles. The van der Waals surface area contributed by atoms with Gasteiger partial charge in [-0.05, 0) is 24.5 Å². The Hall–Kier alpha value is -0.220. The summed E-state index contributed by atoms with van der Waals surface area (Å²) in [5.74, 6) is 2.52. The minimum Gasteiger partial charge on any atom is -0.496 e. The zero-order valence-electron chi connectivity index (χ0n) is 13.3. The standard InChI is InChI=1S/C17H26Br2O2/c1-4-6-7-13(5-2)12-21-17-9-14(10-18)16(20-3)8-15(17)11-19/h8-9,13H,4-7,10-12H2,1-3H3/t13-/m1/s1. The van der Waals surface area contributed by atoms with Crippen molar-refractivity contribution in [2.75, 3.05) is 13.7 Å². The van der Waals surface area contributed by atoms with E-state index in [1.54, 1.807) is 7.11 Å². The lowest BCUT2D eigenvalue weighted by molar-refractivity contribution is 0.231. The van der Waals surface area contributed by atoms with Crippen molar-refractivity contribution >= 4 is 31.9 Å². The summed E-state index contributed by atoms with van der Waals surface area (Å²) in [6.07, 6.45) is 4.95. The molecule has 1 rings (SSSR count). The maximum absolute atomic E-state index is 6.11. The van der Waals surface area contributed by atoms with Crippen molar-refractivity contribution in [1.29, 1.82) is 0 Å². The number of halogens is 2. The molecule has 0 saturated carbocycles. The highest BCUT2D eigenvalue weighted by Crippen LogP contribution is 2.32. The summed E-state index contributed by atoms with van der Waals surface area (Å²) in [7, 11) is 1.71. The van der Waals surface area contributed by atoms with Crippen LogP contribution in [0, 0.1) is 5.92 Å². The van der Waals surface area contributed by atoms with Crippen LogP contribution in [0.25, 0.3) is 0 Å². The smallest absolute Gasteiger partial charge is 0.123 e. The second-order valence-corrected chi connectivity index (χ2v) is 6.39. The van der Waals surface area contributed by atoms with Gasteiger partial charge in [-0.25, -0.2) is 0 Å². The minimum absolute atomic E-state index is 0.641. The highest BCUT2D eigenvalue weighted by molar-refractivity contribution is 9.08. The number of hydrogen-bond donors (Lipinski definition) is 0. The second-order valence-electron chi connectivity index (χ2n) is 5.27. The van der Waals surface area contributed by atoms with Crippen molar-refractivity contribution in [3.63, 3.8) is 0 Å². The van der Waals surface area contributed by atoms with Gasteiger partial charge in [-0.15, -0.1) is 0 Å². The predicted octanol–water partition coefficient (Wildman–Crippen LogP) is 6.08. The Morgan fingerprint density at radius 2 is 1.67 bits per heavy atom. The van der Waals surface area contributed by atoms with Crippen LogP contribution in [0.15, 0.2) is 12.1 Å². The molecule has 0 aliphatic rings. The quantitative estimate of drug-likeness (QED) is 0.426. The SMILES string of the molecule is CCCC[C@@H](CC)COc1cc(CBr)c(OC)cc1CBr. The Labute approximate surface area is 145 Å². The minimum atomic E-state index is 0.641. The maximum atomic E-state index is 6.11. The number of alkyl halides is 2. The Bertz CT molecular complexity index is 421. The van der Waals surface area contributed by atoms with Crippen molar-refractivity contribution in [3.8, 4) is 11.5 Å². The number of methoxy groups -OCH3 is 1. The highest BCUT2D eigenvalue weighted by atomic mass is 79.9. The van der Waals surface area contributed by atoms with E-state index in [0.29, 0.717) is 5.92 Å². The zero-order valence-corrected chi connectivity index (χ0v) is 16.4. The van der Waals surface area contributed by atoms with Gasteiger partial charge >= 0.3 is 0 Å². The van der Waals surface area contributed by atoms with Crippen molar-refractivity contribution in [2.24, 2.45) is 5.92 Å². The Balaban J connectivity index is 2.81. The van der Waals surface area contributed by atoms with Crippen LogP contribution in [0.2, 0.25) is 0 Å². The Kier molecular flexibility index (Phi) is 9.41. The number of ether oxygens (including phenoxy) is 2. The summed E-state index contributed by atoms with van der Waals surface area (Å²) in [6, 6.07) is 4.16. The van der Waals surface area contributed by atoms with Crippen molar-refractivity contribution in [1.82, 2.24) is 0 Å².